The summed E-state index contributed by atoms with van der Waals surface area (Å²) < 4.78 is 1.63. The minimum absolute atomic E-state index is 0.0330. The fourth-order valence-electron chi connectivity index (χ4n) is 3.34. The normalized spacial score (nSPS) is 20.8. The van der Waals surface area contributed by atoms with Crippen molar-refractivity contribution in [2.45, 2.75) is 31.7 Å². The number of nitrogens with one attached hydrogen (secondary N) is 2. The van der Waals surface area contributed by atoms with Crippen LogP contribution in [-0.2, 0) is 16.8 Å². The van der Waals surface area contributed by atoms with Gasteiger partial charge < -0.3 is 10.2 Å². The van der Waals surface area contributed by atoms with E-state index in [1.807, 2.05) is 4.90 Å². The Bertz CT molecular complexity index is 723. The van der Waals surface area contributed by atoms with Gasteiger partial charge in [-0.1, -0.05) is 6.92 Å². The number of piperidine rings is 1. The maximum atomic E-state index is 12.6. The lowest BCUT2D eigenvalue weighted by atomic mass is 9.77. The van der Waals surface area contributed by atoms with Crippen molar-refractivity contribution < 1.29 is 9.59 Å². The van der Waals surface area contributed by atoms with Crippen molar-refractivity contribution >= 4 is 11.8 Å². The predicted molar refractivity (Wildman–Crippen MR) is 87.4 cm³/mol. The number of hydrogen-bond acceptors (Lipinski definition) is 4. The van der Waals surface area contributed by atoms with Gasteiger partial charge in [0.2, 0.25) is 5.91 Å². The van der Waals surface area contributed by atoms with Crippen LogP contribution in [0.15, 0.2) is 24.7 Å². The molecule has 2 aromatic rings. The van der Waals surface area contributed by atoms with Crippen LogP contribution in [0.5, 0.6) is 0 Å². The summed E-state index contributed by atoms with van der Waals surface area (Å²) in [6.45, 7) is 3.58. The molecule has 1 fully saturated rings. The fraction of sp³-hybridized carbons (Fsp3) is 0.500. The lowest BCUT2D eigenvalue weighted by Gasteiger charge is -2.40. The van der Waals surface area contributed by atoms with Crippen LogP contribution in [0, 0.1) is 0 Å². The monoisotopic (exact) mass is 330 g/mol. The average molecular weight is 330 g/mol. The van der Waals surface area contributed by atoms with E-state index in [1.165, 1.54) is 0 Å². The summed E-state index contributed by atoms with van der Waals surface area (Å²) in [7, 11) is 1.60. The van der Waals surface area contributed by atoms with Gasteiger partial charge >= 0.3 is 0 Å². The SMILES string of the molecule is CNC(=O)c1cn[nH]c1C1(C)CCCN(C(=O)Cn2cccn2)C1. The molecule has 2 N–H and O–H groups in total. The van der Waals surface area contributed by atoms with Crippen LogP contribution >= 0.6 is 0 Å². The predicted octanol–water partition coefficient (Wildman–Crippen LogP) is 0.546. The molecule has 1 saturated heterocycles. The summed E-state index contributed by atoms with van der Waals surface area (Å²) >= 11 is 0. The molecule has 8 heteroatoms. The third-order valence-corrected chi connectivity index (χ3v) is 4.62. The molecule has 1 aliphatic heterocycles. The third-order valence-electron chi connectivity index (χ3n) is 4.62. The van der Waals surface area contributed by atoms with Crippen LogP contribution in [-0.4, -0.2) is 56.8 Å². The lowest BCUT2D eigenvalue weighted by molar-refractivity contribution is -0.134. The van der Waals surface area contributed by atoms with E-state index < -0.39 is 0 Å². The van der Waals surface area contributed by atoms with Gasteiger partial charge in [-0.2, -0.15) is 10.2 Å². The maximum absolute atomic E-state index is 12.6. The molecular formula is C16H22N6O2. The second kappa shape index (κ2) is 6.46. The molecule has 128 valence electrons. The standard InChI is InChI=1S/C16H22N6O2/c1-16(14-12(9-18-20-14)15(24)17-2)5-3-7-21(11-16)13(23)10-22-8-4-6-19-22/h4,6,8-9H,3,5,7,10-11H2,1-2H3,(H,17,24)(H,18,20). The quantitative estimate of drug-likeness (QED) is 0.855. The Hall–Kier alpha value is -2.64. The lowest BCUT2D eigenvalue weighted by Crippen LogP contribution is -2.48. The van der Waals surface area contributed by atoms with E-state index >= 15 is 0 Å². The Kier molecular flexibility index (Phi) is 4.37. The third kappa shape index (κ3) is 3.04. The van der Waals surface area contributed by atoms with Gasteiger partial charge in [-0.15, -0.1) is 0 Å². The smallest absolute Gasteiger partial charge is 0.254 e. The van der Waals surface area contributed by atoms with Gasteiger partial charge in [-0.05, 0) is 18.9 Å². The van der Waals surface area contributed by atoms with Crippen LogP contribution in [0.3, 0.4) is 0 Å². The minimum Gasteiger partial charge on any atom is -0.355 e. The van der Waals surface area contributed by atoms with E-state index in [9.17, 15) is 9.59 Å². The van der Waals surface area contributed by atoms with Crippen molar-refractivity contribution in [1.82, 2.24) is 30.2 Å². The number of amides is 2. The topological polar surface area (TPSA) is 95.9 Å². The van der Waals surface area contributed by atoms with Crippen molar-refractivity contribution in [3.8, 4) is 0 Å². The minimum atomic E-state index is -0.323. The van der Waals surface area contributed by atoms with Crippen LogP contribution in [0.1, 0.15) is 35.8 Å². The van der Waals surface area contributed by atoms with Gasteiger partial charge in [0.25, 0.3) is 5.91 Å². The van der Waals surface area contributed by atoms with Crippen LogP contribution in [0.25, 0.3) is 0 Å². The molecule has 0 bridgehead atoms. The molecule has 3 rings (SSSR count). The first-order chi connectivity index (χ1) is 11.5. The average Bonchev–Trinajstić information content (AvgIpc) is 3.25. The van der Waals surface area contributed by atoms with Gasteiger partial charge in [0.15, 0.2) is 0 Å². The Labute approximate surface area is 140 Å². The Morgan fingerprint density at radius 2 is 2.29 bits per heavy atom. The maximum Gasteiger partial charge on any atom is 0.254 e. The molecule has 0 aromatic carbocycles. The van der Waals surface area contributed by atoms with E-state index in [-0.39, 0.29) is 23.8 Å². The highest BCUT2D eigenvalue weighted by Gasteiger charge is 2.38. The Morgan fingerprint density at radius 1 is 1.46 bits per heavy atom. The summed E-state index contributed by atoms with van der Waals surface area (Å²) in [6.07, 6.45) is 6.76. The fourth-order valence-corrected chi connectivity index (χ4v) is 3.34. The van der Waals surface area contributed by atoms with Crippen LogP contribution < -0.4 is 5.32 Å². The number of rotatable bonds is 4. The zero-order valence-corrected chi connectivity index (χ0v) is 14.0. The van der Waals surface area contributed by atoms with E-state index in [4.69, 9.17) is 0 Å². The molecule has 0 radical (unpaired) electrons. The van der Waals surface area contributed by atoms with Gasteiger partial charge in [-0.3, -0.25) is 19.4 Å². The van der Waals surface area contributed by atoms with E-state index in [0.717, 1.165) is 25.1 Å². The Morgan fingerprint density at radius 3 is 3.00 bits per heavy atom. The van der Waals surface area contributed by atoms with Crippen molar-refractivity contribution in [3.63, 3.8) is 0 Å². The molecule has 3 heterocycles. The highest BCUT2D eigenvalue weighted by molar-refractivity contribution is 5.95. The second-order valence-electron chi connectivity index (χ2n) is 6.42. The second-order valence-corrected chi connectivity index (χ2v) is 6.42. The zero-order valence-electron chi connectivity index (χ0n) is 14.0. The summed E-state index contributed by atoms with van der Waals surface area (Å²) in [6, 6.07) is 1.80. The number of aromatic nitrogens is 4. The van der Waals surface area contributed by atoms with Crippen molar-refractivity contribution in [2.24, 2.45) is 0 Å². The first kappa shape index (κ1) is 16.2. The molecule has 1 unspecified atom stereocenters. The Balaban J connectivity index is 1.78. The highest BCUT2D eigenvalue weighted by atomic mass is 16.2. The summed E-state index contributed by atoms with van der Waals surface area (Å²) in [5.41, 5.74) is 1.01. The molecule has 1 aliphatic rings. The summed E-state index contributed by atoms with van der Waals surface area (Å²) in [5, 5.41) is 13.7. The largest absolute Gasteiger partial charge is 0.355 e. The van der Waals surface area contributed by atoms with Gasteiger partial charge in [-0.25, -0.2) is 0 Å². The molecule has 24 heavy (non-hydrogen) atoms. The van der Waals surface area contributed by atoms with E-state index in [2.05, 4.69) is 27.5 Å². The van der Waals surface area contributed by atoms with Gasteiger partial charge in [0, 0.05) is 37.9 Å². The number of aromatic amines is 1. The van der Waals surface area contributed by atoms with E-state index in [1.54, 1.807) is 36.4 Å². The number of nitrogens with zero attached hydrogens (tertiary/aromatic N) is 4. The number of carbonyl (C=O) groups is 2. The molecule has 2 aromatic heterocycles. The molecule has 8 nitrogen and oxygen atoms in total. The first-order valence-electron chi connectivity index (χ1n) is 8.04. The van der Waals surface area contributed by atoms with Crippen molar-refractivity contribution in [2.75, 3.05) is 20.1 Å². The molecule has 1 atom stereocenters. The number of H-pyrrole nitrogens is 1. The molecular weight excluding hydrogens is 308 g/mol. The molecule has 0 aliphatic carbocycles. The number of likely N-dealkylation sites (tertiary alicyclic amines) is 1. The summed E-state index contributed by atoms with van der Waals surface area (Å²) in [5.74, 6) is -0.134. The number of carbonyl (C=O) groups excluding carboxylic acids is 2. The van der Waals surface area contributed by atoms with E-state index in [0.29, 0.717) is 12.1 Å². The number of hydrogen-bond donors (Lipinski definition) is 2. The van der Waals surface area contributed by atoms with Crippen molar-refractivity contribution in [1.29, 1.82) is 0 Å². The van der Waals surface area contributed by atoms with Gasteiger partial charge in [0.1, 0.15) is 6.54 Å². The first-order valence-corrected chi connectivity index (χ1v) is 8.04. The van der Waals surface area contributed by atoms with Crippen LogP contribution in [0.4, 0.5) is 0 Å². The van der Waals surface area contributed by atoms with Crippen molar-refractivity contribution in [3.05, 3.63) is 35.9 Å². The summed E-state index contributed by atoms with van der Waals surface area (Å²) in [4.78, 5) is 26.4. The zero-order chi connectivity index (χ0) is 17.2. The van der Waals surface area contributed by atoms with Gasteiger partial charge in [0.05, 0.1) is 17.5 Å². The molecule has 2 amide bonds. The molecule has 0 saturated carbocycles. The molecule has 0 spiro atoms. The highest BCUT2D eigenvalue weighted by Crippen LogP contribution is 2.34. The van der Waals surface area contributed by atoms with Crippen LogP contribution in [0.2, 0.25) is 0 Å².